The van der Waals surface area contributed by atoms with Crippen LogP contribution in [0, 0.1) is 11.7 Å². The molecule has 0 unspecified atom stereocenters. The summed E-state index contributed by atoms with van der Waals surface area (Å²) in [7, 11) is 0. The first-order valence-corrected chi connectivity index (χ1v) is 9.51. The minimum Gasteiger partial charge on any atom is -0.330 e. The first-order valence-electron chi connectivity index (χ1n) is 9.51. The number of hydrogen-bond donors (Lipinski definition) is 1. The molecule has 2 heterocycles. The van der Waals surface area contributed by atoms with E-state index in [0.717, 1.165) is 23.4 Å². The number of carbonyl (C=O) groups excluding carboxylic acids is 1. The lowest BCUT2D eigenvalue weighted by Gasteiger charge is -2.12. The molecule has 148 valence electrons. The van der Waals surface area contributed by atoms with Gasteiger partial charge in [0, 0.05) is 30.2 Å². The fourth-order valence-corrected chi connectivity index (χ4v) is 3.30. The molecule has 0 saturated heterocycles. The van der Waals surface area contributed by atoms with E-state index in [1.165, 1.54) is 24.3 Å². The summed E-state index contributed by atoms with van der Waals surface area (Å²) in [6, 6.07) is 11.2. The van der Waals surface area contributed by atoms with E-state index in [9.17, 15) is 9.18 Å². The number of benzene rings is 2. The Kier molecular flexibility index (Phi) is 5.12. The SMILES string of the molecule is CC(C)Cn1c(Cn2ccnc2)nc2cc(NC(=O)c3ccc(F)cc3)ccc21. The first-order chi connectivity index (χ1) is 14.0. The van der Waals surface area contributed by atoms with Gasteiger partial charge in [-0.2, -0.15) is 0 Å². The van der Waals surface area contributed by atoms with Crippen LogP contribution in [-0.4, -0.2) is 25.0 Å². The molecule has 0 aliphatic heterocycles. The molecule has 7 heteroatoms. The van der Waals surface area contributed by atoms with E-state index in [1.807, 2.05) is 29.0 Å². The van der Waals surface area contributed by atoms with Gasteiger partial charge in [-0.3, -0.25) is 4.79 Å². The van der Waals surface area contributed by atoms with Gasteiger partial charge in [0.25, 0.3) is 5.91 Å². The number of fused-ring (bicyclic) bond motifs is 1. The fraction of sp³-hybridized carbons (Fsp3) is 0.227. The molecule has 2 aromatic carbocycles. The van der Waals surface area contributed by atoms with Crippen molar-refractivity contribution in [2.75, 3.05) is 5.32 Å². The number of nitrogens with one attached hydrogen (secondary N) is 1. The fourth-order valence-electron chi connectivity index (χ4n) is 3.30. The number of nitrogens with zero attached hydrogens (tertiary/aromatic N) is 4. The Bertz CT molecular complexity index is 1130. The van der Waals surface area contributed by atoms with Gasteiger partial charge in [-0.05, 0) is 48.4 Å². The molecular formula is C22H22FN5O. The molecule has 29 heavy (non-hydrogen) atoms. The van der Waals surface area contributed by atoms with Gasteiger partial charge < -0.3 is 14.5 Å². The largest absolute Gasteiger partial charge is 0.330 e. The molecule has 0 bridgehead atoms. The lowest BCUT2D eigenvalue weighted by molar-refractivity contribution is 0.102. The molecule has 1 amide bonds. The summed E-state index contributed by atoms with van der Waals surface area (Å²) in [5, 5.41) is 2.86. The molecule has 0 radical (unpaired) electrons. The Hall–Kier alpha value is -3.48. The van der Waals surface area contributed by atoms with Gasteiger partial charge in [0.05, 0.1) is 23.9 Å². The predicted octanol–water partition coefficient (Wildman–Crippen LogP) is 4.33. The van der Waals surface area contributed by atoms with Gasteiger partial charge in [0.2, 0.25) is 0 Å². The summed E-state index contributed by atoms with van der Waals surface area (Å²) in [6.07, 6.45) is 5.43. The van der Waals surface area contributed by atoms with E-state index in [1.54, 1.807) is 12.5 Å². The van der Waals surface area contributed by atoms with Crippen LogP contribution in [0.5, 0.6) is 0 Å². The number of imidazole rings is 2. The Morgan fingerprint density at radius 3 is 2.66 bits per heavy atom. The Labute approximate surface area is 168 Å². The number of amides is 1. The van der Waals surface area contributed by atoms with Crippen molar-refractivity contribution in [3.05, 3.63) is 78.4 Å². The third-order valence-corrected chi connectivity index (χ3v) is 4.62. The van der Waals surface area contributed by atoms with Gasteiger partial charge in [-0.1, -0.05) is 13.8 Å². The van der Waals surface area contributed by atoms with Crippen molar-refractivity contribution in [3.63, 3.8) is 0 Å². The van der Waals surface area contributed by atoms with Crippen molar-refractivity contribution in [3.8, 4) is 0 Å². The molecule has 0 aliphatic rings. The second-order valence-corrected chi connectivity index (χ2v) is 7.43. The van der Waals surface area contributed by atoms with E-state index >= 15 is 0 Å². The van der Waals surface area contributed by atoms with Crippen molar-refractivity contribution >= 4 is 22.6 Å². The van der Waals surface area contributed by atoms with E-state index in [0.29, 0.717) is 23.7 Å². The third kappa shape index (κ3) is 4.18. The average molecular weight is 391 g/mol. The van der Waals surface area contributed by atoms with Crippen molar-refractivity contribution in [2.24, 2.45) is 5.92 Å². The predicted molar refractivity (Wildman–Crippen MR) is 110 cm³/mol. The highest BCUT2D eigenvalue weighted by Gasteiger charge is 2.14. The second-order valence-electron chi connectivity index (χ2n) is 7.43. The van der Waals surface area contributed by atoms with E-state index in [2.05, 4.69) is 28.7 Å². The van der Waals surface area contributed by atoms with Crippen molar-refractivity contribution in [2.45, 2.75) is 26.9 Å². The summed E-state index contributed by atoms with van der Waals surface area (Å²) in [6.45, 7) is 5.81. The molecule has 0 saturated carbocycles. The molecule has 6 nitrogen and oxygen atoms in total. The van der Waals surface area contributed by atoms with Crippen LogP contribution in [0.1, 0.15) is 30.0 Å². The molecule has 1 N–H and O–H groups in total. The summed E-state index contributed by atoms with van der Waals surface area (Å²) in [5.74, 6) is 0.745. The highest BCUT2D eigenvalue weighted by Crippen LogP contribution is 2.23. The van der Waals surface area contributed by atoms with E-state index < -0.39 is 0 Å². The Morgan fingerprint density at radius 2 is 1.97 bits per heavy atom. The average Bonchev–Trinajstić information content (AvgIpc) is 3.30. The molecule has 0 spiro atoms. The van der Waals surface area contributed by atoms with Crippen molar-refractivity contribution in [1.29, 1.82) is 0 Å². The number of halogens is 1. The zero-order chi connectivity index (χ0) is 20.4. The zero-order valence-corrected chi connectivity index (χ0v) is 16.3. The molecule has 0 atom stereocenters. The van der Waals surface area contributed by atoms with Crippen LogP contribution in [0.2, 0.25) is 0 Å². The molecule has 0 aliphatic carbocycles. The molecular weight excluding hydrogens is 369 g/mol. The number of aromatic nitrogens is 4. The lowest BCUT2D eigenvalue weighted by Crippen LogP contribution is -2.12. The van der Waals surface area contributed by atoms with Gasteiger partial charge in [-0.25, -0.2) is 14.4 Å². The van der Waals surface area contributed by atoms with Crippen LogP contribution in [-0.2, 0) is 13.1 Å². The van der Waals surface area contributed by atoms with E-state index in [4.69, 9.17) is 4.98 Å². The van der Waals surface area contributed by atoms with Gasteiger partial charge in [-0.15, -0.1) is 0 Å². The number of hydrogen-bond acceptors (Lipinski definition) is 3. The normalized spacial score (nSPS) is 11.3. The molecule has 4 rings (SSSR count). The molecule has 2 aromatic heterocycles. The van der Waals surface area contributed by atoms with Crippen LogP contribution < -0.4 is 5.32 Å². The zero-order valence-electron chi connectivity index (χ0n) is 16.3. The molecule has 0 fully saturated rings. The maximum Gasteiger partial charge on any atom is 0.255 e. The summed E-state index contributed by atoms with van der Waals surface area (Å²) in [4.78, 5) is 21.3. The monoisotopic (exact) mass is 391 g/mol. The highest BCUT2D eigenvalue weighted by molar-refractivity contribution is 6.04. The van der Waals surface area contributed by atoms with Gasteiger partial charge in [0.1, 0.15) is 11.6 Å². The topological polar surface area (TPSA) is 64.7 Å². The van der Waals surface area contributed by atoms with Crippen LogP contribution in [0.25, 0.3) is 11.0 Å². The van der Waals surface area contributed by atoms with E-state index in [-0.39, 0.29) is 11.7 Å². The summed E-state index contributed by atoms with van der Waals surface area (Å²) >= 11 is 0. The Balaban J connectivity index is 1.64. The number of carbonyl (C=O) groups is 1. The lowest BCUT2D eigenvalue weighted by atomic mass is 10.2. The minimum atomic E-state index is -0.371. The minimum absolute atomic E-state index is 0.287. The molecule has 4 aromatic rings. The van der Waals surface area contributed by atoms with Crippen LogP contribution in [0.15, 0.2) is 61.2 Å². The van der Waals surface area contributed by atoms with Gasteiger partial charge >= 0.3 is 0 Å². The quantitative estimate of drug-likeness (QED) is 0.532. The second kappa shape index (κ2) is 7.87. The highest BCUT2D eigenvalue weighted by atomic mass is 19.1. The van der Waals surface area contributed by atoms with Gasteiger partial charge in [0.15, 0.2) is 0 Å². The number of rotatable bonds is 6. The maximum absolute atomic E-state index is 13.1. The standard InChI is InChI=1S/C22H22FN5O/c1-15(2)12-28-20-8-7-18(25-22(29)16-3-5-17(23)6-4-16)11-19(20)26-21(28)13-27-10-9-24-14-27/h3-11,14-15H,12-13H2,1-2H3,(H,25,29). The first kappa shape index (κ1) is 18.9. The third-order valence-electron chi connectivity index (χ3n) is 4.62. The summed E-state index contributed by atoms with van der Waals surface area (Å²) < 4.78 is 17.3. The number of anilines is 1. The van der Waals surface area contributed by atoms with Crippen LogP contribution in [0.4, 0.5) is 10.1 Å². The van der Waals surface area contributed by atoms with Crippen LogP contribution in [0.3, 0.4) is 0 Å². The summed E-state index contributed by atoms with van der Waals surface area (Å²) in [5.41, 5.74) is 2.89. The van der Waals surface area contributed by atoms with Crippen LogP contribution >= 0.6 is 0 Å². The Morgan fingerprint density at radius 1 is 1.17 bits per heavy atom. The maximum atomic E-state index is 13.1. The van der Waals surface area contributed by atoms with Crippen molar-refractivity contribution < 1.29 is 9.18 Å². The van der Waals surface area contributed by atoms with Crippen molar-refractivity contribution in [1.82, 2.24) is 19.1 Å². The smallest absolute Gasteiger partial charge is 0.255 e.